The van der Waals surface area contributed by atoms with E-state index in [0.29, 0.717) is 13.1 Å². The van der Waals surface area contributed by atoms with Crippen molar-refractivity contribution in [3.63, 3.8) is 0 Å². The molecule has 1 fully saturated rings. The molecule has 0 aromatic rings. The highest BCUT2D eigenvalue weighted by molar-refractivity contribution is 7.87. The summed E-state index contributed by atoms with van der Waals surface area (Å²) in [5.41, 5.74) is 5.17. The zero-order valence-electron chi connectivity index (χ0n) is 8.54. The zero-order valence-corrected chi connectivity index (χ0v) is 9.36. The molecule has 5 nitrogen and oxygen atoms in total. The smallest absolute Gasteiger partial charge is 0.277 e. The Morgan fingerprint density at radius 3 is 2.43 bits per heavy atom. The lowest BCUT2D eigenvalue weighted by molar-refractivity contribution is 0.230. The molecule has 0 radical (unpaired) electrons. The van der Waals surface area contributed by atoms with E-state index in [0.717, 1.165) is 25.7 Å². The average molecular weight is 221 g/mol. The van der Waals surface area contributed by atoms with Crippen molar-refractivity contribution in [2.45, 2.75) is 38.1 Å². The second-order valence-corrected chi connectivity index (χ2v) is 5.34. The quantitative estimate of drug-likeness (QED) is 0.576. The van der Waals surface area contributed by atoms with Crippen LogP contribution in [0.25, 0.3) is 0 Å². The van der Waals surface area contributed by atoms with Crippen LogP contribution in [0, 0.1) is 0 Å². The van der Waals surface area contributed by atoms with Gasteiger partial charge >= 0.3 is 0 Å². The van der Waals surface area contributed by atoms with Gasteiger partial charge < -0.3 is 5.73 Å². The molecule has 0 bridgehead atoms. The van der Waals surface area contributed by atoms with Gasteiger partial charge in [-0.2, -0.15) is 13.1 Å². The molecule has 0 aliphatic heterocycles. The monoisotopic (exact) mass is 221 g/mol. The van der Waals surface area contributed by atoms with Gasteiger partial charge in [0.05, 0.1) is 0 Å². The van der Waals surface area contributed by atoms with E-state index in [4.69, 9.17) is 5.73 Å². The minimum atomic E-state index is -3.35. The molecular formula is C8H19N3O2S. The zero-order chi connectivity index (χ0) is 10.7. The Bertz CT molecular complexity index is 267. The minimum absolute atomic E-state index is 0.375. The predicted octanol–water partition coefficient (Wildman–Crippen LogP) is -0.298. The molecule has 0 saturated heterocycles. The Balaban J connectivity index is 2.49. The first-order valence-corrected chi connectivity index (χ1v) is 6.50. The lowest BCUT2D eigenvalue weighted by Gasteiger charge is -2.40. The first kappa shape index (κ1) is 11.9. The van der Waals surface area contributed by atoms with E-state index in [1.807, 2.05) is 6.92 Å². The SMILES string of the molecule is CCCNS(=O)(=O)NC1(CN)CCC1. The molecule has 14 heavy (non-hydrogen) atoms. The summed E-state index contributed by atoms with van der Waals surface area (Å²) in [7, 11) is -3.35. The van der Waals surface area contributed by atoms with Crippen LogP contribution < -0.4 is 15.2 Å². The fourth-order valence-electron chi connectivity index (χ4n) is 1.51. The topological polar surface area (TPSA) is 84.2 Å². The van der Waals surface area contributed by atoms with E-state index in [2.05, 4.69) is 9.44 Å². The maximum absolute atomic E-state index is 11.5. The van der Waals surface area contributed by atoms with Crippen LogP contribution in [0.1, 0.15) is 32.6 Å². The van der Waals surface area contributed by atoms with Gasteiger partial charge in [-0.05, 0) is 25.7 Å². The standard InChI is InChI=1S/C8H19N3O2S/c1-2-6-10-14(12,13)11-8(7-9)4-3-5-8/h10-11H,2-7,9H2,1H3. The molecule has 1 aliphatic rings. The first-order valence-electron chi connectivity index (χ1n) is 5.02. The van der Waals surface area contributed by atoms with Crippen molar-refractivity contribution >= 4 is 10.2 Å². The Kier molecular flexibility index (Phi) is 3.88. The number of hydrogen-bond acceptors (Lipinski definition) is 3. The van der Waals surface area contributed by atoms with Crippen LogP contribution in [0.2, 0.25) is 0 Å². The van der Waals surface area contributed by atoms with Crippen LogP contribution in [-0.2, 0) is 10.2 Å². The predicted molar refractivity (Wildman–Crippen MR) is 56.0 cm³/mol. The average Bonchev–Trinajstić information content (AvgIpc) is 2.08. The van der Waals surface area contributed by atoms with Gasteiger partial charge in [0.1, 0.15) is 0 Å². The highest BCUT2D eigenvalue weighted by Crippen LogP contribution is 2.30. The van der Waals surface area contributed by atoms with E-state index in [9.17, 15) is 8.42 Å². The van der Waals surface area contributed by atoms with Crippen molar-refractivity contribution < 1.29 is 8.42 Å². The number of rotatable bonds is 6. The van der Waals surface area contributed by atoms with Crippen molar-refractivity contribution in [2.24, 2.45) is 5.73 Å². The van der Waals surface area contributed by atoms with Gasteiger partial charge in [0.2, 0.25) is 0 Å². The van der Waals surface area contributed by atoms with Crippen molar-refractivity contribution in [3.05, 3.63) is 0 Å². The highest BCUT2D eigenvalue weighted by atomic mass is 32.2. The summed E-state index contributed by atoms with van der Waals surface area (Å²) < 4.78 is 28.1. The molecule has 1 rings (SSSR count). The summed E-state index contributed by atoms with van der Waals surface area (Å²) >= 11 is 0. The van der Waals surface area contributed by atoms with E-state index in [1.54, 1.807) is 0 Å². The summed E-state index contributed by atoms with van der Waals surface area (Å²) in [5.74, 6) is 0. The lowest BCUT2D eigenvalue weighted by atomic mass is 9.78. The molecule has 0 heterocycles. The molecule has 0 unspecified atom stereocenters. The summed E-state index contributed by atoms with van der Waals surface area (Å²) in [4.78, 5) is 0. The first-order chi connectivity index (χ1) is 6.54. The Morgan fingerprint density at radius 2 is 2.07 bits per heavy atom. The van der Waals surface area contributed by atoms with Gasteiger partial charge in [-0.3, -0.25) is 0 Å². The van der Waals surface area contributed by atoms with E-state index in [1.165, 1.54) is 0 Å². The van der Waals surface area contributed by atoms with Crippen molar-refractivity contribution in [1.29, 1.82) is 0 Å². The van der Waals surface area contributed by atoms with Gasteiger partial charge in [-0.15, -0.1) is 0 Å². The van der Waals surface area contributed by atoms with E-state index in [-0.39, 0.29) is 5.54 Å². The lowest BCUT2D eigenvalue weighted by Crippen LogP contribution is -2.60. The van der Waals surface area contributed by atoms with Crippen LogP contribution in [0.3, 0.4) is 0 Å². The Labute approximate surface area is 85.6 Å². The second-order valence-electron chi connectivity index (χ2n) is 3.84. The molecule has 6 heteroatoms. The summed E-state index contributed by atoms with van der Waals surface area (Å²) in [5, 5.41) is 0. The van der Waals surface area contributed by atoms with E-state index >= 15 is 0 Å². The van der Waals surface area contributed by atoms with Crippen molar-refractivity contribution in [2.75, 3.05) is 13.1 Å². The van der Waals surface area contributed by atoms with Crippen LogP contribution in [0.15, 0.2) is 0 Å². The number of hydrogen-bond donors (Lipinski definition) is 3. The molecule has 0 atom stereocenters. The van der Waals surface area contributed by atoms with Crippen LogP contribution in [0.4, 0.5) is 0 Å². The molecule has 1 saturated carbocycles. The third kappa shape index (κ3) is 2.91. The summed E-state index contributed by atoms with van der Waals surface area (Å²) in [6.45, 7) is 2.76. The minimum Gasteiger partial charge on any atom is -0.329 e. The largest absolute Gasteiger partial charge is 0.329 e. The van der Waals surface area contributed by atoms with Crippen LogP contribution >= 0.6 is 0 Å². The van der Waals surface area contributed by atoms with E-state index < -0.39 is 10.2 Å². The summed E-state index contributed by atoms with van der Waals surface area (Å²) in [6, 6.07) is 0. The van der Waals surface area contributed by atoms with Gasteiger partial charge in [-0.25, -0.2) is 4.72 Å². The highest BCUT2D eigenvalue weighted by Gasteiger charge is 2.38. The Hall–Kier alpha value is -0.170. The molecule has 0 spiro atoms. The number of nitrogens with two attached hydrogens (primary N) is 1. The van der Waals surface area contributed by atoms with Crippen molar-refractivity contribution in [1.82, 2.24) is 9.44 Å². The van der Waals surface area contributed by atoms with Crippen molar-refractivity contribution in [3.8, 4) is 0 Å². The number of nitrogens with one attached hydrogen (secondary N) is 2. The third-order valence-corrected chi connectivity index (χ3v) is 3.88. The van der Waals surface area contributed by atoms with Gasteiger partial charge in [-0.1, -0.05) is 6.92 Å². The fourth-order valence-corrected chi connectivity index (χ4v) is 2.91. The maximum atomic E-state index is 11.5. The molecular weight excluding hydrogens is 202 g/mol. The normalized spacial score (nSPS) is 20.4. The van der Waals surface area contributed by atoms with Gasteiger partial charge in [0, 0.05) is 18.6 Å². The maximum Gasteiger partial charge on any atom is 0.277 e. The Morgan fingerprint density at radius 1 is 1.43 bits per heavy atom. The second kappa shape index (κ2) is 4.57. The fraction of sp³-hybridized carbons (Fsp3) is 1.00. The molecule has 4 N–H and O–H groups in total. The van der Waals surface area contributed by atoms with Gasteiger partial charge in [0.25, 0.3) is 10.2 Å². The van der Waals surface area contributed by atoms with Crippen LogP contribution in [-0.4, -0.2) is 27.0 Å². The molecule has 0 aromatic carbocycles. The molecule has 0 amide bonds. The summed E-state index contributed by atoms with van der Waals surface area (Å²) in [6.07, 6.45) is 3.52. The third-order valence-electron chi connectivity index (χ3n) is 2.59. The molecule has 1 aliphatic carbocycles. The van der Waals surface area contributed by atoms with Gasteiger partial charge in [0.15, 0.2) is 0 Å². The molecule has 0 aromatic heterocycles. The molecule has 84 valence electrons. The van der Waals surface area contributed by atoms with Crippen LogP contribution in [0.5, 0.6) is 0 Å².